The van der Waals surface area contributed by atoms with Crippen LogP contribution in [0.3, 0.4) is 0 Å². The van der Waals surface area contributed by atoms with E-state index >= 15 is 0 Å². The first-order valence-corrected chi connectivity index (χ1v) is 38.2. The summed E-state index contributed by atoms with van der Waals surface area (Å²) < 4.78 is 7.12. The van der Waals surface area contributed by atoms with Gasteiger partial charge in [-0.05, 0) is 311 Å². The van der Waals surface area contributed by atoms with Gasteiger partial charge in [0.2, 0.25) is 0 Å². The fourth-order valence-corrected chi connectivity index (χ4v) is 27.2. The molecule has 1 heterocycles. The quantitative estimate of drug-likeness (QED) is 0.203. The summed E-state index contributed by atoms with van der Waals surface area (Å²) in [6, 6.07) is 1.21. The van der Waals surface area contributed by atoms with Crippen molar-refractivity contribution in [1.82, 2.24) is 9.80 Å². The molecule has 19 atom stereocenters. The lowest BCUT2D eigenvalue weighted by Gasteiger charge is -2.57. The van der Waals surface area contributed by atoms with Crippen molar-refractivity contribution in [1.29, 1.82) is 0 Å². The molecule has 0 saturated heterocycles. The van der Waals surface area contributed by atoms with Crippen LogP contribution < -0.4 is 0 Å². The largest absolute Gasteiger partial charge is 0.371 e. The van der Waals surface area contributed by atoms with Crippen molar-refractivity contribution >= 4 is 0 Å². The Balaban J connectivity index is 0.721. The molecule has 0 amide bonds. The Morgan fingerprint density at radius 1 is 0.553 bits per heavy atom. The lowest BCUT2D eigenvalue weighted by molar-refractivity contribution is -0.0717. The fourth-order valence-electron chi connectivity index (χ4n) is 27.2. The molecule has 3 nitrogen and oxygen atoms in total. The van der Waals surface area contributed by atoms with E-state index in [0.717, 1.165) is 76.9 Å². The van der Waals surface area contributed by atoms with Gasteiger partial charge >= 0.3 is 0 Å². The molecular weight excluding hydrogens is 1030 g/mol. The molecule has 1 aliphatic heterocycles. The zero-order valence-corrected chi connectivity index (χ0v) is 53.3. The molecule has 1 spiro atoms. The molecular formula is C82H114N2O. The number of fused-ring (bicyclic) bond motifs is 14. The molecule has 3 heteroatoms. The standard InChI is InChI=1S/C82H114N2O/c1-2-54-33-44-63(45-34-54)85-64-46-38-58(39-47-64)81(57-19-5-3-6-20-57)73-28-14-9-25-67(73)69-48-42-61(52-77(69)81)83(60-40-35-55(36-41-60)56-37-50-80-72(51-56)71-27-13-18-32-79(71)84(80)59-21-7-4-8-22-59)62-43-49-70-68-26-12-17-31-76(68)82(78(70)53-62)74-29-15-10-23-65(74)66-24-11-16-30-75(66)82/h2,10,16,21,23,30,32,38,40,43,46,49,54-58,61-65,67-71,73-74,76-78H,1,3-9,11-15,17-20,22,24-29,31,33-37,39,41-42,44-45,47-48,50-53H2/t54?,55?,56?,58?,61?,62?,63?,64?,65?,67?,68?,69?,70?,71?,73-,74?,76?,77?,78?,81?,82?/m0/s1. The maximum absolute atomic E-state index is 7.12. The van der Waals surface area contributed by atoms with Gasteiger partial charge in [0.15, 0.2) is 0 Å². The first-order chi connectivity index (χ1) is 42.1. The van der Waals surface area contributed by atoms with Crippen molar-refractivity contribution < 1.29 is 4.74 Å². The summed E-state index contributed by atoms with van der Waals surface area (Å²) in [7, 11) is 0. The van der Waals surface area contributed by atoms with Gasteiger partial charge in [-0.1, -0.05) is 123 Å². The Kier molecular flexibility index (Phi) is 15.4. The number of nitrogens with zero attached hydrogens (tertiary/aromatic N) is 2. The minimum absolute atomic E-state index is 0.322. The van der Waals surface area contributed by atoms with E-state index in [2.05, 4.69) is 89.3 Å². The molecule has 7 saturated carbocycles. The highest BCUT2D eigenvalue weighted by Gasteiger charge is 2.70. The van der Waals surface area contributed by atoms with Crippen molar-refractivity contribution in [3.8, 4) is 0 Å². The second-order valence-electron chi connectivity index (χ2n) is 33.0. The van der Waals surface area contributed by atoms with E-state index in [0.29, 0.717) is 52.9 Å². The minimum Gasteiger partial charge on any atom is -0.371 e. The van der Waals surface area contributed by atoms with Gasteiger partial charge in [-0.3, -0.25) is 0 Å². The highest BCUT2D eigenvalue weighted by molar-refractivity contribution is 5.50. The number of ether oxygens (including phenoxy) is 1. The maximum Gasteiger partial charge on any atom is 0.0759 e. The summed E-state index contributed by atoms with van der Waals surface area (Å²) >= 11 is 0. The van der Waals surface area contributed by atoms with Gasteiger partial charge in [-0.15, -0.1) is 6.58 Å². The van der Waals surface area contributed by atoms with Crippen LogP contribution in [0.5, 0.6) is 0 Å². The molecule has 0 bridgehead atoms. The number of allylic oxidation sites excluding steroid dienone is 16. The molecule has 0 aromatic heterocycles. The highest BCUT2D eigenvalue weighted by atomic mass is 16.5. The van der Waals surface area contributed by atoms with Gasteiger partial charge in [-0.2, -0.15) is 0 Å². The van der Waals surface area contributed by atoms with E-state index < -0.39 is 0 Å². The van der Waals surface area contributed by atoms with Gasteiger partial charge in [0.25, 0.3) is 0 Å². The maximum atomic E-state index is 7.12. The smallest absolute Gasteiger partial charge is 0.0759 e. The van der Waals surface area contributed by atoms with Crippen molar-refractivity contribution in [2.24, 2.45) is 106 Å². The van der Waals surface area contributed by atoms with Crippen LogP contribution in [-0.2, 0) is 4.74 Å². The van der Waals surface area contributed by atoms with Crippen LogP contribution >= 0.6 is 0 Å². The SMILES string of the molecule is C=CC1CCC(OC2C=CC(C3(C4CCCCC4)C4CC(N(C5=CCC(C6CCC7=C(C6)C6CCCC=C6N7C6=CCCCC6)CC5)C5C=CC6C7CCCCC7C7(C8=C(CCC=C8)C8C=CCCC87)C6C5)CCC4C4CCCC[C@@H]43)CC2)CC1. The Morgan fingerprint density at radius 2 is 1.39 bits per heavy atom. The molecule has 0 radical (unpaired) electrons. The van der Waals surface area contributed by atoms with Crippen molar-refractivity contribution in [3.63, 3.8) is 0 Å². The zero-order valence-electron chi connectivity index (χ0n) is 53.3. The normalized spacial score (nSPS) is 46.5. The second-order valence-corrected chi connectivity index (χ2v) is 33.0. The Morgan fingerprint density at radius 3 is 2.22 bits per heavy atom. The number of hydrogen-bond donors (Lipinski definition) is 0. The van der Waals surface area contributed by atoms with Crippen molar-refractivity contribution in [2.75, 3.05) is 0 Å². The summed E-state index contributed by atoms with van der Waals surface area (Å²) in [6.07, 6.45) is 89.7. The van der Waals surface area contributed by atoms with Crippen LogP contribution in [0.1, 0.15) is 257 Å². The molecule has 0 aromatic rings. The van der Waals surface area contributed by atoms with Gasteiger partial charge in [0, 0.05) is 52.1 Å². The third kappa shape index (κ3) is 9.14. The van der Waals surface area contributed by atoms with Crippen LogP contribution in [0.15, 0.2) is 119 Å². The van der Waals surface area contributed by atoms with Crippen LogP contribution in [0.25, 0.3) is 0 Å². The molecule has 458 valence electrons. The van der Waals surface area contributed by atoms with Crippen molar-refractivity contribution in [3.05, 3.63) is 119 Å². The van der Waals surface area contributed by atoms with E-state index in [4.69, 9.17) is 4.74 Å². The molecule has 0 N–H and O–H groups in total. The van der Waals surface area contributed by atoms with Gasteiger partial charge in [0.1, 0.15) is 0 Å². The summed E-state index contributed by atoms with van der Waals surface area (Å²) in [4.78, 5) is 6.27. The predicted octanol–water partition coefficient (Wildman–Crippen LogP) is 21.4. The number of rotatable bonds is 10. The van der Waals surface area contributed by atoms with Crippen LogP contribution in [0, 0.1) is 106 Å². The van der Waals surface area contributed by atoms with E-state index in [1.54, 1.807) is 17.1 Å². The summed E-state index contributed by atoms with van der Waals surface area (Å²) in [5.74, 6) is 13.3. The van der Waals surface area contributed by atoms with Crippen LogP contribution in [0.2, 0.25) is 0 Å². The monoisotopic (exact) mass is 1140 g/mol. The summed E-state index contributed by atoms with van der Waals surface area (Å²) in [5.41, 5.74) is 13.6. The third-order valence-electron chi connectivity index (χ3n) is 30.1. The van der Waals surface area contributed by atoms with E-state index in [-0.39, 0.29) is 0 Å². The molecule has 0 aromatic carbocycles. The average Bonchev–Trinajstić information content (AvgIpc) is 1.73. The van der Waals surface area contributed by atoms with Crippen LogP contribution in [-0.4, -0.2) is 34.1 Å². The molecule has 17 rings (SSSR count). The Hall–Kier alpha value is -3.04. The fraction of sp³-hybridized carbons (Fsp3) is 0.756. The minimum atomic E-state index is 0.322. The topological polar surface area (TPSA) is 15.7 Å². The summed E-state index contributed by atoms with van der Waals surface area (Å²) in [5, 5.41) is 0. The second kappa shape index (κ2) is 23.3. The van der Waals surface area contributed by atoms with Crippen molar-refractivity contribution in [2.45, 2.75) is 281 Å². The lowest BCUT2D eigenvalue weighted by atomic mass is 9.49. The average molecular weight is 1140 g/mol. The number of hydrogen-bond acceptors (Lipinski definition) is 3. The lowest BCUT2D eigenvalue weighted by Crippen LogP contribution is -2.53. The predicted molar refractivity (Wildman–Crippen MR) is 350 cm³/mol. The first-order valence-electron chi connectivity index (χ1n) is 38.2. The van der Waals surface area contributed by atoms with E-state index in [1.165, 1.54) is 257 Å². The molecule has 16 aliphatic carbocycles. The molecule has 17 aliphatic rings. The van der Waals surface area contributed by atoms with Gasteiger partial charge < -0.3 is 14.5 Å². The Labute approximate surface area is 517 Å². The van der Waals surface area contributed by atoms with E-state index in [1.807, 2.05) is 22.4 Å². The summed E-state index contributed by atoms with van der Waals surface area (Å²) in [6.45, 7) is 4.18. The van der Waals surface area contributed by atoms with Gasteiger partial charge in [-0.25, -0.2) is 0 Å². The molecule has 85 heavy (non-hydrogen) atoms. The van der Waals surface area contributed by atoms with Crippen LogP contribution in [0.4, 0.5) is 0 Å². The third-order valence-corrected chi connectivity index (χ3v) is 30.1. The van der Waals surface area contributed by atoms with Gasteiger partial charge in [0.05, 0.1) is 12.2 Å². The zero-order chi connectivity index (χ0) is 56.2. The molecule has 18 unspecified atom stereocenters. The first kappa shape index (κ1) is 56.0. The Bertz CT molecular complexity index is 2800. The van der Waals surface area contributed by atoms with E-state index in [9.17, 15) is 0 Å². The molecule has 7 fully saturated rings. The highest BCUT2D eigenvalue weighted by Crippen LogP contribution is 2.76.